The maximum Gasteiger partial charge on any atom is 0.123 e. The zero-order valence-electron chi connectivity index (χ0n) is 15.1. The van der Waals surface area contributed by atoms with E-state index in [9.17, 15) is 0 Å². The molecule has 22 heavy (non-hydrogen) atoms. The Morgan fingerprint density at radius 1 is 1.05 bits per heavy atom. The number of benzene rings is 1. The standard InChI is InChI=1S/C19H34N2O/c1-13(2)12-22-18-8-7-15(9-17(18)19(4,5)6)14(3)16(10-20)11-21/h7-9,13-14,16H,10-12,20-21H2,1-6H3. The summed E-state index contributed by atoms with van der Waals surface area (Å²) >= 11 is 0. The summed E-state index contributed by atoms with van der Waals surface area (Å²) in [7, 11) is 0. The monoisotopic (exact) mass is 306 g/mol. The van der Waals surface area contributed by atoms with Gasteiger partial charge in [0.05, 0.1) is 6.61 Å². The van der Waals surface area contributed by atoms with Gasteiger partial charge in [0.2, 0.25) is 0 Å². The molecule has 0 aliphatic carbocycles. The molecule has 3 heteroatoms. The van der Waals surface area contributed by atoms with E-state index in [2.05, 4.69) is 59.7 Å². The van der Waals surface area contributed by atoms with E-state index in [4.69, 9.17) is 16.2 Å². The molecule has 1 rings (SSSR count). The van der Waals surface area contributed by atoms with Crippen LogP contribution in [0.25, 0.3) is 0 Å². The fraction of sp³-hybridized carbons (Fsp3) is 0.684. The summed E-state index contributed by atoms with van der Waals surface area (Å²) in [6.45, 7) is 15.2. The van der Waals surface area contributed by atoms with E-state index in [1.807, 2.05) is 0 Å². The zero-order valence-corrected chi connectivity index (χ0v) is 15.1. The molecule has 1 aromatic rings. The normalized spacial score (nSPS) is 13.7. The Bertz CT molecular complexity index is 459. The maximum atomic E-state index is 6.02. The second-order valence-electron chi connectivity index (χ2n) is 7.73. The van der Waals surface area contributed by atoms with Crippen molar-refractivity contribution in [1.82, 2.24) is 0 Å². The summed E-state index contributed by atoms with van der Waals surface area (Å²) in [4.78, 5) is 0. The average Bonchev–Trinajstić information content (AvgIpc) is 2.45. The highest BCUT2D eigenvalue weighted by molar-refractivity contribution is 5.42. The van der Waals surface area contributed by atoms with E-state index >= 15 is 0 Å². The third kappa shape index (κ3) is 4.99. The van der Waals surface area contributed by atoms with Crippen LogP contribution >= 0.6 is 0 Å². The molecular formula is C19H34N2O. The van der Waals surface area contributed by atoms with Crippen molar-refractivity contribution in [2.45, 2.75) is 52.9 Å². The molecule has 0 aliphatic heterocycles. The molecule has 0 aliphatic rings. The Balaban J connectivity index is 3.14. The van der Waals surface area contributed by atoms with Crippen molar-refractivity contribution in [3.63, 3.8) is 0 Å². The number of hydrogen-bond acceptors (Lipinski definition) is 3. The number of nitrogens with two attached hydrogens (primary N) is 2. The lowest BCUT2D eigenvalue weighted by Gasteiger charge is -2.27. The maximum absolute atomic E-state index is 6.02. The highest BCUT2D eigenvalue weighted by Gasteiger charge is 2.23. The molecule has 0 radical (unpaired) electrons. The summed E-state index contributed by atoms with van der Waals surface area (Å²) < 4.78 is 6.02. The second-order valence-corrected chi connectivity index (χ2v) is 7.73. The van der Waals surface area contributed by atoms with Gasteiger partial charge in [0.15, 0.2) is 0 Å². The van der Waals surface area contributed by atoms with Crippen LogP contribution in [-0.2, 0) is 5.41 Å². The van der Waals surface area contributed by atoms with Gasteiger partial charge in [0.1, 0.15) is 5.75 Å². The van der Waals surface area contributed by atoms with Crippen LogP contribution in [0.4, 0.5) is 0 Å². The van der Waals surface area contributed by atoms with Gasteiger partial charge in [0, 0.05) is 0 Å². The van der Waals surface area contributed by atoms with Gasteiger partial charge in [-0.3, -0.25) is 0 Å². The first-order valence-corrected chi connectivity index (χ1v) is 8.38. The van der Waals surface area contributed by atoms with Crippen molar-refractivity contribution < 1.29 is 4.74 Å². The van der Waals surface area contributed by atoms with Crippen molar-refractivity contribution >= 4 is 0 Å². The van der Waals surface area contributed by atoms with Crippen LogP contribution in [0.3, 0.4) is 0 Å². The second kappa shape index (κ2) is 7.98. The average molecular weight is 306 g/mol. The van der Waals surface area contributed by atoms with Crippen LogP contribution in [0.1, 0.15) is 58.6 Å². The van der Waals surface area contributed by atoms with Gasteiger partial charge in [-0.1, -0.05) is 53.7 Å². The molecule has 3 nitrogen and oxygen atoms in total. The Hall–Kier alpha value is -1.06. The highest BCUT2D eigenvalue weighted by atomic mass is 16.5. The molecular weight excluding hydrogens is 272 g/mol. The fourth-order valence-electron chi connectivity index (χ4n) is 2.58. The third-order valence-electron chi connectivity index (χ3n) is 4.22. The van der Waals surface area contributed by atoms with Gasteiger partial charge in [-0.15, -0.1) is 0 Å². The van der Waals surface area contributed by atoms with Crippen LogP contribution in [-0.4, -0.2) is 19.7 Å². The van der Waals surface area contributed by atoms with E-state index in [0.29, 0.717) is 30.8 Å². The number of ether oxygens (including phenoxy) is 1. The lowest BCUT2D eigenvalue weighted by atomic mass is 9.81. The largest absolute Gasteiger partial charge is 0.493 e. The van der Waals surface area contributed by atoms with Crippen LogP contribution < -0.4 is 16.2 Å². The molecule has 0 fully saturated rings. The Morgan fingerprint density at radius 2 is 1.64 bits per heavy atom. The quantitative estimate of drug-likeness (QED) is 0.808. The first-order valence-electron chi connectivity index (χ1n) is 8.38. The summed E-state index contributed by atoms with van der Waals surface area (Å²) in [5, 5.41) is 0. The predicted molar refractivity (Wildman–Crippen MR) is 95.5 cm³/mol. The molecule has 126 valence electrons. The summed E-state index contributed by atoms with van der Waals surface area (Å²) in [6.07, 6.45) is 0. The highest BCUT2D eigenvalue weighted by Crippen LogP contribution is 2.35. The van der Waals surface area contributed by atoms with E-state index in [1.54, 1.807) is 0 Å². The van der Waals surface area contributed by atoms with Gasteiger partial charge in [-0.25, -0.2) is 0 Å². The predicted octanol–water partition coefficient (Wildman–Crippen LogP) is 3.66. The Kier molecular flexibility index (Phi) is 6.89. The van der Waals surface area contributed by atoms with Crippen molar-refractivity contribution in [1.29, 1.82) is 0 Å². The lowest BCUT2D eigenvalue weighted by molar-refractivity contribution is 0.264. The number of rotatable bonds is 7. The molecule has 0 amide bonds. The number of hydrogen-bond donors (Lipinski definition) is 2. The minimum absolute atomic E-state index is 0.0446. The fourth-order valence-corrected chi connectivity index (χ4v) is 2.58. The van der Waals surface area contributed by atoms with Gasteiger partial charge in [-0.05, 0) is 53.5 Å². The molecule has 0 spiro atoms. The minimum Gasteiger partial charge on any atom is -0.493 e. The van der Waals surface area contributed by atoms with Crippen molar-refractivity contribution in [2.75, 3.05) is 19.7 Å². The molecule has 1 atom stereocenters. The Morgan fingerprint density at radius 3 is 2.09 bits per heavy atom. The SMILES string of the molecule is CC(C)COc1ccc(C(C)C(CN)CN)cc1C(C)(C)C. The van der Waals surface area contributed by atoms with Crippen LogP contribution in [0.2, 0.25) is 0 Å². The zero-order chi connectivity index (χ0) is 16.9. The minimum atomic E-state index is 0.0446. The third-order valence-corrected chi connectivity index (χ3v) is 4.22. The lowest BCUT2D eigenvalue weighted by Crippen LogP contribution is -2.28. The van der Waals surface area contributed by atoms with E-state index in [1.165, 1.54) is 11.1 Å². The van der Waals surface area contributed by atoms with Crippen molar-refractivity contribution in [3.05, 3.63) is 29.3 Å². The van der Waals surface area contributed by atoms with E-state index in [0.717, 1.165) is 12.4 Å². The first-order chi connectivity index (χ1) is 10.2. The van der Waals surface area contributed by atoms with Crippen molar-refractivity contribution in [3.8, 4) is 5.75 Å². The molecule has 0 saturated heterocycles. The van der Waals surface area contributed by atoms with Gasteiger partial charge in [-0.2, -0.15) is 0 Å². The molecule has 0 saturated carbocycles. The molecule has 0 aromatic heterocycles. The summed E-state index contributed by atoms with van der Waals surface area (Å²) in [5.41, 5.74) is 14.3. The van der Waals surface area contributed by atoms with Gasteiger partial charge in [0.25, 0.3) is 0 Å². The van der Waals surface area contributed by atoms with Crippen LogP contribution in [0, 0.1) is 11.8 Å². The summed E-state index contributed by atoms with van der Waals surface area (Å²) in [5.74, 6) is 2.19. The molecule has 0 heterocycles. The van der Waals surface area contributed by atoms with Crippen molar-refractivity contribution in [2.24, 2.45) is 23.3 Å². The first kappa shape index (κ1) is 19.0. The van der Waals surface area contributed by atoms with Gasteiger partial charge < -0.3 is 16.2 Å². The van der Waals surface area contributed by atoms with Crippen LogP contribution in [0.15, 0.2) is 18.2 Å². The topological polar surface area (TPSA) is 61.3 Å². The van der Waals surface area contributed by atoms with E-state index in [-0.39, 0.29) is 5.41 Å². The van der Waals surface area contributed by atoms with Gasteiger partial charge >= 0.3 is 0 Å². The molecule has 4 N–H and O–H groups in total. The summed E-state index contributed by atoms with van der Waals surface area (Å²) in [6, 6.07) is 6.55. The Labute approximate surface area is 136 Å². The molecule has 0 bridgehead atoms. The van der Waals surface area contributed by atoms with E-state index < -0.39 is 0 Å². The smallest absolute Gasteiger partial charge is 0.123 e. The molecule has 1 unspecified atom stereocenters. The van der Waals surface area contributed by atoms with Crippen LogP contribution in [0.5, 0.6) is 5.75 Å². The molecule has 1 aromatic carbocycles.